The molecule has 6 heteroatoms. The van der Waals surface area contributed by atoms with E-state index in [2.05, 4.69) is 10.3 Å². The van der Waals surface area contributed by atoms with Crippen molar-refractivity contribution >= 4 is 32.6 Å². The molecule has 0 aliphatic rings. The molecule has 0 fully saturated rings. The van der Waals surface area contributed by atoms with Gasteiger partial charge in [-0.2, -0.15) is 0 Å². The van der Waals surface area contributed by atoms with Gasteiger partial charge in [-0.05, 0) is 37.3 Å². The maximum atomic E-state index is 12.3. The van der Waals surface area contributed by atoms with Gasteiger partial charge in [-0.3, -0.25) is 10.1 Å². The van der Waals surface area contributed by atoms with Gasteiger partial charge in [-0.15, -0.1) is 0 Å². The average molecular weight is 314 g/mol. The van der Waals surface area contributed by atoms with E-state index in [0.29, 0.717) is 5.13 Å². The monoisotopic (exact) mass is 314 g/mol. The van der Waals surface area contributed by atoms with Crippen LogP contribution in [0.1, 0.15) is 15.9 Å². The summed E-state index contributed by atoms with van der Waals surface area (Å²) in [7, 11) is 1.60. The number of rotatable bonds is 3. The Morgan fingerprint density at radius 2 is 2.09 bits per heavy atom. The van der Waals surface area contributed by atoms with Crippen LogP contribution < -0.4 is 10.1 Å². The van der Waals surface area contributed by atoms with Crippen LogP contribution in [0.2, 0.25) is 0 Å². The predicted molar refractivity (Wildman–Crippen MR) is 87.0 cm³/mol. The number of nitrogens with zero attached hydrogens (tertiary/aromatic N) is 1. The Kier molecular flexibility index (Phi) is 3.68. The highest BCUT2D eigenvalue weighted by molar-refractivity contribution is 7.22. The molecule has 112 valence electrons. The number of hydrogen-bond donors (Lipinski definition) is 2. The third kappa shape index (κ3) is 2.73. The predicted octanol–water partition coefficient (Wildman–Crippen LogP) is 3.57. The first kappa shape index (κ1) is 14.3. The summed E-state index contributed by atoms with van der Waals surface area (Å²) < 4.78 is 6.09. The summed E-state index contributed by atoms with van der Waals surface area (Å²) in [5.41, 5.74) is 1.92. The third-order valence-electron chi connectivity index (χ3n) is 3.21. The molecule has 0 atom stereocenters. The number of methoxy groups -OCH3 is 1. The van der Waals surface area contributed by atoms with Crippen LogP contribution in [-0.4, -0.2) is 23.1 Å². The smallest absolute Gasteiger partial charge is 0.261 e. The van der Waals surface area contributed by atoms with Crippen molar-refractivity contribution in [3.8, 4) is 11.5 Å². The Balaban J connectivity index is 1.89. The van der Waals surface area contributed by atoms with Gasteiger partial charge < -0.3 is 9.84 Å². The van der Waals surface area contributed by atoms with Gasteiger partial charge in [0, 0.05) is 0 Å². The largest absolute Gasteiger partial charge is 0.507 e. The Morgan fingerprint density at radius 1 is 1.27 bits per heavy atom. The molecule has 2 aromatic carbocycles. The Hall–Kier alpha value is -2.60. The van der Waals surface area contributed by atoms with E-state index >= 15 is 0 Å². The van der Waals surface area contributed by atoms with Gasteiger partial charge in [0.25, 0.3) is 5.91 Å². The third-order valence-corrected chi connectivity index (χ3v) is 4.15. The van der Waals surface area contributed by atoms with Crippen LogP contribution in [0, 0.1) is 6.92 Å². The second-order valence-corrected chi connectivity index (χ2v) is 5.86. The molecule has 0 bridgehead atoms. The highest BCUT2D eigenvalue weighted by Gasteiger charge is 2.14. The van der Waals surface area contributed by atoms with E-state index in [1.165, 1.54) is 17.4 Å². The van der Waals surface area contributed by atoms with Crippen molar-refractivity contribution in [1.82, 2.24) is 4.98 Å². The molecule has 3 rings (SSSR count). The van der Waals surface area contributed by atoms with E-state index in [4.69, 9.17) is 4.74 Å². The minimum atomic E-state index is -0.382. The summed E-state index contributed by atoms with van der Waals surface area (Å²) in [5.74, 6) is 0.309. The summed E-state index contributed by atoms with van der Waals surface area (Å²) >= 11 is 1.36. The first-order valence-electron chi connectivity index (χ1n) is 6.62. The number of carbonyl (C=O) groups excluding carboxylic acids is 1. The fourth-order valence-corrected chi connectivity index (χ4v) is 2.97. The summed E-state index contributed by atoms with van der Waals surface area (Å²) in [6.45, 7) is 1.86. The van der Waals surface area contributed by atoms with Crippen molar-refractivity contribution in [2.45, 2.75) is 6.92 Å². The average Bonchev–Trinajstić information content (AvgIpc) is 2.90. The summed E-state index contributed by atoms with van der Waals surface area (Å²) in [6, 6.07) is 10.4. The van der Waals surface area contributed by atoms with Crippen LogP contribution in [0.4, 0.5) is 5.13 Å². The second kappa shape index (κ2) is 5.65. The van der Waals surface area contributed by atoms with Gasteiger partial charge in [-0.25, -0.2) is 4.98 Å². The molecule has 0 aliphatic heterocycles. The number of hydrogen-bond acceptors (Lipinski definition) is 5. The summed E-state index contributed by atoms with van der Waals surface area (Å²) in [6.07, 6.45) is 0. The van der Waals surface area contributed by atoms with Crippen LogP contribution in [0.3, 0.4) is 0 Å². The van der Waals surface area contributed by atoms with Crippen molar-refractivity contribution in [3.05, 3.63) is 47.5 Å². The molecular formula is C16H14N2O3S. The van der Waals surface area contributed by atoms with E-state index in [1.54, 1.807) is 19.2 Å². The van der Waals surface area contributed by atoms with Crippen LogP contribution in [0.25, 0.3) is 10.2 Å². The Morgan fingerprint density at radius 3 is 2.86 bits per heavy atom. The van der Waals surface area contributed by atoms with Crippen molar-refractivity contribution in [1.29, 1.82) is 0 Å². The fourth-order valence-electron chi connectivity index (χ4n) is 2.08. The van der Waals surface area contributed by atoms with Crippen molar-refractivity contribution in [2.24, 2.45) is 0 Å². The van der Waals surface area contributed by atoms with E-state index < -0.39 is 0 Å². The van der Waals surface area contributed by atoms with E-state index in [1.807, 2.05) is 25.1 Å². The zero-order chi connectivity index (χ0) is 15.7. The highest BCUT2D eigenvalue weighted by atomic mass is 32.1. The molecule has 1 aromatic heterocycles. The number of phenols is 1. The molecule has 3 aromatic rings. The highest BCUT2D eigenvalue weighted by Crippen LogP contribution is 2.30. The number of ether oxygens (including phenoxy) is 1. The second-order valence-electron chi connectivity index (χ2n) is 4.83. The van der Waals surface area contributed by atoms with E-state index in [-0.39, 0.29) is 17.2 Å². The minimum Gasteiger partial charge on any atom is -0.507 e. The Bertz CT molecular complexity index is 858. The van der Waals surface area contributed by atoms with Crippen LogP contribution >= 0.6 is 11.3 Å². The molecule has 1 heterocycles. The molecule has 0 saturated carbocycles. The first-order valence-corrected chi connectivity index (χ1v) is 7.44. The SMILES string of the molecule is COc1ccc2nc(NC(=O)c3cc(C)ccc3O)sc2c1. The number of amides is 1. The lowest BCUT2D eigenvalue weighted by Crippen LogP contribution is -2.12. The number of aromatic nitrogens is 1. The maximum absolute atomic E-state index is 12.3. The maximum Gasteiger partial charge on any atom is 0.261 e. The lowest BCUT2D eigenvalue weighted by Gasteiger charge is -2.05. The zero-order valence-electron chi connectivity index (χ0n) is 12.1. The van der Waals surface area contributed by atoms with Gasteiger partial charge in [0.1, 0.15) is 11.5 Å². The number of fused-ring (bicyclic) bond motifs is 1. The Labute approximate surface area is 131 Å². The molecule has 22 heavy (non-hydrogen) atoms. The fraction of sp³-hybridized carbons (Fsp3) is 0.125. The number of anilines is 1. The van der Waals surface area contributed by atoms with E-state index in [0.717, 1.165) is 21.5 Å². The molecule has 2 N–H and O–H groups in total. The van der Waals surface area contributed by atoms with E-state index in [9.17, 15) is 9.90 Å². The van der Waals surface area contributed by atoms with Crippen molar-refractivity contribution in [3.63, 3.8) is 0 Å². The molecule has 0 aliphatic carbocycles. The summed E-state index contributed by atoms with van der Waals surface area (Å²) in [5, 5.41) is 13.0. The molecule has 1 amide bonds. The number of benzene rings is 2. The van der Waals surface area contributed by atoms with Crippen LogP contribution in [0.5, 0.6) is 11.5 Å². The van der Waals surface area contributed by atoms with Crippen molar-refractivity contribution < 1.29 is 14.6 Å². The molecule has 0 saturated heterocycles. The quantitative estimate of drug-likeness (QED) is 0.775. The van der Waals surface area contributed by atoms with Gasteiger partial charge in [-0.1, -0.05) is 23.0 Å². The number of nitrogens with one attached hydrogen (secondary N) is 1. The normalized spacial score (nSPS) is 10.6. The van der Waals surface area contributed by atoms with Gasteiger partial charge in [0.15, 0.2) is 5.13 Å². The lowest BCUT2D eigenvalue weighted by molar-refractivity contribution is 0.102. The van der Waals surface area contributed by atoms with Gasteiger partial charge >= 0.3 is 0 Å². The summed E-state index contributed by atoms with van der Waals surface area (Å²) in [4.78, 5) is 16.6. The molecule has 0 radical (unpaired) electrons. The molecule has 0 unspecified atom stereocenters. The number of aromatic hydroxyl groups is 1. The number of aryl methyl sites for hydroxylation is 1. The number of thiazole rings is 1. The van der Waals surface area contributed by atoms with Crippen LogP contribution in [0.15, 0.2) is 36.4 Å². The first-order chi connectivity index (χ1) is 10.6. The lowest BCUT2D eigenvalue weighted by atomic mass is 10.1. The minimum absolute atomic E-state index is 0.0501. The standard InChI is InChI=1S/C16H14N2O3S/c1-9-3-6-13(19)11(7-9)15(20)18-16-17-12-5-4-10(21-2)8-14(12)22-16/h3-8,19H,1-2H3,(H,17,18,20). The molecule has 0 spiro atoms. The van der Waals surface area contributed by atoms with Crippen LogP contribution in [-0.2, 0) is 0 Å². The van der Waals surface area contributed by atoms with Crippen molar-refractivity contribution in [2.75, 3.05) is 12.4 Å². The number of phenolic OH excluding ortho intramolecular Hbond substituents is 1. The number of carbonyl (C=O) groups is 1. The zero-order valence-corrected chi connectivity index (χ0v) is 12.9. The molecular weight excluding hydrogens is 300 g/mol. The molecule has 5 nitrogen and oxygen atoms in total. The van der Waals surface area contributed by atoms with Gasteiger partial charge in [0.05, 0.1) is 22.9 Å². The van der Waals surface area contributed by atoms with Gasteiger partial charge in [0.2, 0.25) is 0 Å². The topological polar surface area (TPSA) is 71.5 Å².